The molecule has 0 aliphatic carbocycles. The molecule has 0 radical (unpaired) electrons. The molecule has 0 amide bonds. The van der Waals surface area contributed by atoms with Crippen LogP contribution >= 0.6 is 0 Å². The van der Waals surface area contributed by atoms with E-state index in [1.807, 2.05) is 0 Å². The molecule has 1 unspecified atom stereocenters. The molecule has 0 fully saturated rings. The first-order valence-corrected chi connectivity index (χ1v) is 6.26. The van der Waals surface area contributed by atoms with Crippen LogP contribution in [-0.4, -0.2) is 25.1 Å². The van der Waals surface area contributed by atoms with Crippen molar-refractivity contribution in [2.24, 2.45) is 17.6 Å². The van der Waals surface area contributed by atoms with Gasteiger partial charge in [-0.05, 0) is 30.5 Å². The van der Waals surface area contributed by atoms with Crippen molar-refractivity contribution < 1.29 is 9.66 Å². The Hall–Kier alpha value is -1.82. The van der Waals surface area contributed by atoms with Crippen LogP contribution in [0, 0.1) is 22.0 Å². The maximum Gasteiger partial charge on any atom is 0.312 e. The van der Waals surface area contributed by atoms with Gasteiger partial charge in [0.05, 0.1) is 12.0 Å². The molecular weight excluding hydrogens is 246 g/mol. The Labute approximate surface area is 113 Å². The summed E-state index contributed by atoms with van der Waals surface area (Å²) in [6.07, 6.45) is 0. The van der Waals surface area contributed by atoms with Crippen LogP contribution in [-0.2, 0) is 0 Å². The van der Waals surface area contributed by atoms with Gasteiger partial charge in [-0.1, -0.05) is 13.8 Å². The second-order valence-electron chi connectivity index (χ2n) is 4.76. The van der Waals surface area contributed by atoms with E-state index >= 15 is 0 Å². The number of nitrogens with two attached hydrogens (primary N) is 1. The topological polar surface area (TPSA) is 90.4 Å². The predicted molar refractivity (Wildman–Crippen MR) is 75.5 cm³/mol. The molecular formula is C13H21N3O3. The average molecular weight is 267 g/mol. The van der Waals surface area contributed by atoms with Crippen LogP contribution in [0.3, 0.4) is 0 Å². The summed E-state index contributed by atoms with van der Waals surface area (Å²) in [5, 5.41) is 14.1. The molecule has 0 aliphatic rings. The van der Waals surface area contributed by atoms with Gasteiger partial charge in [-0.25, -0.2) is 0 Å². The number of anilines is 1. The maximum absolute atomic E-state index is 10.9. The summed E-state index contributed by atoms with van der Waals surface area (Å²) in [5.74, 6) is 1.06. The Bertz CT molecular complexity index is 435. The first kappa shape index (κ1) is 15.2. The second-order valence-corrected chi connectivity index (χ2v) is 4.76. The third-order valence-corrected chi connectivity index (χ3v) is 3.19. The van der Waals surface area contributed by atoms with Crippen LogP contribution in [0.15, 0.2) is 18.2 Å². The van der Waals surface area contributed by atoms with Crippen molar-refractivity contribution in [1.82, 2.24) is 0 Å². The second kappa shape index (κ2) is 6.94. The van der Waals surface area contributed by atoms with Crippen molar-refractivity contribution in [1.29, 1.82) is 0 Å². The van der Waals surface area contributed by atoms with E-state index in [-0.39, 0.29) is 11.4 Å². The first-order valence-electron chi connectivity index (χ1n) is 6.26. The molecule has 106 valence electrons. The highest BCUT2D eigenvalue weighted by atomic mass is 16.6. The van der Waals surface area contributed by atoms with Gasteiger partial charge in [0.1, 0.15) is 0 Å². The largest absolute Gasteiger partial charge is 0.490 e. The number of nitrogens with one attached hydrogen (secondary N) is 1. The number of benzene rings is 1. The normalized spacial score (nSPS) is 12.3. The van der Waals surface area contributed by atoms with Crippen molar-refractivity contribution in [3.8, 4) is 5.75 Å². The predicted octanol–water partition coefficient (Wildman–Crippen LogP) is 2.25. The van der Waals surface area contributed by atoms with Crippen molar-refractivity contribution in [2.45, 2.75) is 13.8 Å². The Kier molecular flexibility index (Phi) is 5.57. The molecule has 6 heteroatoms. The number of nitro benzene ring substituents is 1. The number of hydrogen-bond acceptors (Lipinski definition) is 5. The van der Waals surface area contributed by atoms with E-state index in [0.29, 0.717) is 30.6 Å². The molecule has 0 aliphatic heterocycles. The van der Waals surface area contributed by atoms with Crippen LogP contribution in [0.5, 0.6) is 5.75 Å². The fourth-order valence-electron chi connectivity index (χ4n) is 1.78. The maximum atomic E-state index is 10.9. The van der Waals surface area contributed by atoms with Crippen LogP contribution in [0.1, 0.15) is 13.8 Å². The van der Waals surface area contributed by atoms with E-state index in [4.69, 9.17) is 10.5 Å². The lowest BCUT2D eigenvalue weighted by Gasteiger charge is -2.20. The highest BCUT2D eigenvalue weighted by Crippen LogP contribution is 2.29. The Morgan fingerprint density at radius 2 is 2.16 bits per heavy atom. The number of nitrogens with zero attached hydrogens (tertiary/aromatic N) is 1. The molecule has 0 saturated heterocycles. The molecule has 0 aromatic heterocycles. The molecule has 3 N–H and O–H groups in total. The zero-order valence-electron chi connectivity index (χ0n) is 11.6. The minimum absolute atomic E-state index is 0.0404. The molecule has 0 heterocycles. The van der Waals surface area contributed by atoms with Gasteiger partial charge < -0.3 is 15.8 Å². The van der Waals surface area contributed by atoms with Crippen LogP contribution in [0.25, 0.3) is 0 Å². The van der Waals surface area contributed by atoms with Gasteiger partial charge >= 0.3 is 5.69 Å². The molecule has 1 aromatic carbocycles. The number of rotatable bonds is 7. The summed E-state index contributed by atoms with van der Waals surface area (Å²) in [4.78, 5) is 10.5. The highest BCUT2D eigenvalue weighted by Gasteiger charge is 2.16. The molecule has 0 spiro atoms. The SMILES string of the molecule is COc1ccc(NCC(CN)C(C)C)cc1[N+](=O)[O-]. The number of methoxy groups -OCH3 is 1. The molecule has 6 nitrogen and oxygen atoms in total. The Morgan fingerprint density at radius 1 is 1.47 bits per heavy atom. The van der Waals surface area contributed by atoms with E-state index in [1.165, 1.54) is 13.2 Å². The highest BCUT2D eigenvalue weighted by molar-refractivity contribution is 5.58. The summed E-state index contributed by atoms with van der Waals surface area (Å²) in [6.45, 7) is 5.49. The van der Waals surface area contributed by atoms with Gasteiger partial charge in [0.2, 0.25) is 0 Å². The molecule has 19 heavy (non-hydrogen) atoms. The standard InChI is InChI=1S/C13H21N3O3/c1-9(2)10(7-14)8-15-11-4-5-13(19-3)12(6-11)16(17)18/h4-6,9-10,15H,7-8,14H2,1-3H3. The number of nitro groups is 1. The van der Waals surface area contributed by atoms with E-state index in [1.54, 1.807) is 12.1 Å². The van der Waals surface area contributed by atoms with Gasteiger partial charge in [0.25, 0.3) is 0 Å². The van der Waals surface area contributed by atoms with E-state index in [2.05, 4.69) is 19.2 Å². The van der Waals surface area contributed by atoms with Crippen molar-refractivity contribution in [3.63, 3.8) is 0 Å². The zero-order chi connectivity index (χ0) is 14.4. The summed E-state index contributed by atoms with van der Waals surface area (Å²) in [6, 6.07) is 4.83. The van der Waals surface area contributed by atoms with E-state index < -0.39 is 4.92 Å². The van der Waals surface area contributed by atoms with Crippen LogP contribution in [0.4, 0.5) is 11.4 Å². The van der Waals surface area contributed by atoms with E-state index in [9.17, 15) is 10.1 Å². The lowest BCUT2D eigenvalue weighted by Crippen LogP contribution is -2.27. The Balaban J connectivity index is 2.80. The van der Waals surface area contributed by atoms with Gasteiger partial charge in [-0.3, -0.25) is 10.1 Å². The number of hydrogen-bond donors (Lipinski definition) is 2. The third kappa shape index (κ3) is 4.10. The minimum atomic E-state index is -0.452. The monoisotopic (exact) mass is 267 g/mol. The molecule has 0 saturated carbocycles. The van der Waals surface area contributed by atoms with Gasteiger partial charge in [0.15, 0.2) is 5.75 Å². The molecule has 1 atom stereocenters. The quantitative estimate of drug-likeness (QED) is 0.584. The average Bonchev–Trinajstić information content (AvgIpc) is 2.38. The summed E-state index contributed by atoms with van der Waals surface area (Å²) in [5.41, 5.74) is 6.35. The first-order chi connectivity index (χ1) is 8.99. The van der Waals surface area contributed by atoms with Gasteiger partial charge in [-0.2, -0.15) is 0 Å². The third-order valence-electron chi connectivity index (χ3n) is 3.19. The van der Waals surface area contributed by atoms with Crippen molar-refractivity contribution in [2.75, 3.05) is 25.5 Å². The van der Waals surface area contributed by atoms with Crippen molar-refractivity contribution >= 4 is 11.4 Å². The van der Waals surface area contributed by atoms with Crippen molar-refractivity contribution in [3.05, 3.63) is 28.3 Å². The summed E-state index contributed by atoms with van der Waals surface area (Å²) < 4.78 is 4.96. The van der Waals surface area contributed by atoms with Gasteiger partial charge in [0, 0.05) is 18.3 Å². The zero-order valence-corrected chi connectivity index (χ0v) is 11.6. The molecule has 0 bridgehead atoms. The van der Waals surface area contributed by atoms with Gasteiger partial charge in [-0.15, -0.1) is 0 Å². The number of ether oxygens (including phenoxy) is 1. The lowest BCUT2D eigenvalue weighted by molar-refractivity contribution is -0.385. The molecule has 1 aromatic rings. The fraction of sp³-hybridized carbons (Fsp3) is 0.538. The Morgan fingerprint density at radius 3 is 2.63 bits per heavy atom. The van der Waals surface area contributed by atoms with E-state index in [0.717, 1.165) is 0 Å². The summed E-state index contributed by atoms with van der Waals surface area (Å²) >= 11 is 0. The molecule has 1 rings (SSSR count). The van der Waals surface area contributed by atoms with Crippen LogP contribution < -0.4 is 15.8 Å². The van der Waals surface area contributed by atoms with Crippen LogP contribution in [0.2, 0.25) is 0 Å². The minimum Gasteiger partial charge on any atom is -0.490 e. The fourth-order valence-corrected chi connectivity index (χ4v) is 1.78. The summed E-state index contributed by atoms with van der Waals surface area (Å²) in [7, 11) is 1.42. The smallest absolute Gasteiger partial charge is 0.312 e. The lowest BCUT2D eigenvalue weighted by atomic mass is 9.96.